The van der Waals surface area contributed by atoms with E-state index in [9.17, 15) is 4.79 Å². The highest BCUT2D eigenvalue weighted by molar-refractivity contribution is 5.73. The molecular formula is C15H19N5O. The molecule has 1 saturated heterocycles. The summed E-state index contributed by atoms with van der Waals surface area (Å²) < 4.78 is 0. The fourth-order valence-electron chi connectivity index (χ4n) is 2.82. The maximum absolute atomic E-state index is 11.6. The number of aromatic nitrogens is 4. The van der Waals surface area contributed by atoms with Gasteiger partial charge in [-0.25, -0.2) is 4.98 Å². The Morgan fingerprint density at radius 2 is 2.24 bits per heavy atom. The van der Waals surface area contributed by atoms with Gasteiger partial charge in [0.2, 0.25) is 5.91 Å². The molecule has 6 heteroatoms. The Balaban J connectivity index is 1.86. The first-order chi connectivity index (χ1) is 10.1. The number of H-pyrrole nitrogens is 1. The number of amides is 1. The highest BCUT2D eigenvalue weighted by Crippen LogP contribution is 2.27. The van der Waals surface area contributed by atoms with Gasteiger partial charge in [-0.15, -0.1) is 0 Å². The second-order valence-corrected chi connectivity index (χ2v) is 5.54. The molecule has 0 spiro atoms. The number of carbonyl (C=O) groups excluding carboxylic acids is 1. The lowest BCUT2D eigenvalue weighted by molar-refractivity contribution is -0.130. The first kappa shape index (κ1) is 13.7. The molecule has 1 amide bonds. The molecule has 1 fully saturated rings. The van der Waals surface area contributed by atoms with Crippen LogP contribution in [0.5, 0.6) is 0 Å². The highest BCUT2D eigenvalue weighted by atomic mass is 16.2. The zero-order valence-corrected chi connectivity index (χ0v) is 12.3. The van der Waals surface area contributed by atoms with Gasteiger partial charge in [-0.3, -0.25) is 14.9 Å². The molecule has 110 valence electrons. The molecular weight excluding hydrogens is 266 g/mol. The molecule has 1 aliphatic rings. The van der Waals surface area contributed by atoms with Crippen molar-refractivity contribution >= 4 is 5.91 Å². The molecule has 3 heterocycles. The maximum Gasteiger partial charge on any atom is 0.219 e. The molecule has 0 bridgehead atoms. The van der Waals surface area contributed by atoms with Gasteiger partial charge >= 0.3 is 0 Å². The molecule has 3 rings (SSSR count). The Bertz CT molecular complexity index is 651. The van der Waals surface area contributed by atoms with Crippen molar-refractivity contribution in [2.45, 2.75) is 32.6 Å². The molecule has 1 N–H and O–H groups in total. The number of carbonyl (C=O) groups is 1. The lowest BCUT2D eigenvalue weighted by Crippen LogP contribution is -2.37. The van der Waals surface area contributed by atoms with E-state index in [-0.39, 0.29) is 11.8 Å². The lowest BCUT2D eigenvalue weighted by atomic mass is 9.95. The average molecular weight is 285 g/mol. The summed E-state index contributed by atoms with van der Waals surface area (Å²) in [6.07, 6.45) is 7.40. The van der Waals surface area contributed by atoms with Gasteiger partial charge in [0.1, 0.15) is 0 Å². The highest BCUT2D eigenvalue weighted by Gasteiger charge is 2.24. The summed E-state index contributed by atoms with van der Waals surface area (Å²) in [4.78, 5) is 22.5. The standard InChI is InChI=1S/C15H19N5O/c1-10-13(6-17-19-10)15-8-16-7-14(18-15)12-4-3-5-20(9-12)11(2)21/h6-8,12H,3-5,9H2,1-2H3,(H,17,19)/t12-/m0/s1. The van der Waals surface area contributed by atoms with Crippen molar-refractivity contribution in [1.82, 2.24) is 25.1 Å². The van der Waals surface area contributed by atoms with Crippen molar-refractivity contribution in [2.75, 3.05) is 13.1 Å². The molecule has 1 atom stereocenters. The van der Waals surface area contributed by atoms with Crippen LogP contribution in [0, 0.1) is 6.92 Å². The van der Waals surface area contributed by atoms with Crippen LogP contribution in [0.1, 0.15) is 37.1 Å². The average Bonchev–Trinajstić information content (AvgIpc) is 2.94. The number of likely N-dealkylation sites (tertiary alicyclic amines) is 1. The third kappa shape index (κ3) is 2.79. The summed E-state index contributed by atoms with van der Waals surface area (Å²) >= 11 is 0. The van der Waals surface area contributed by atoms with Gasteiger partial charge < -0.3 is 4.90 Å². The Morgan fingerprint density at radius 3 is 2.95 bits per heavy atom. The van der Waals surface area contributed by atoms with Crippen LogP contribution in [0.4, 0.5) is 0 Å². The fraction of sp³-hybridized carbons (Fsp3) is 0.467. The monoisotopic (exact) mass is 285 g/mol. The summed E-state index contributed by atoms with van der Waals surface area (Å²) in [7, 11) is 0. The van der Waals surface area contributed by atoms with Crippen LogP contribution in [-0.2, 0) is 4.79 Å². The number of hydrogen-bond acceptors (Lipinski definition) is 4. The van der Waals surface area contributed by atoms with Crippen LogP contribution in [0.3, 0.4) is 0 Å². The molecule has 0 unspecified atom stereocenters. The van der Waals surface area contributed by atoms with E-state index >= 15 is 0 Å². The molecule has 1 aliphatic heterocycles. The first-order valence-corrected chi connectivity index (χ1v) is 7.23. The number of aromatic amines is 1. The summed E-state index contributed by atoms with van der Waals surface area (Å²) in [5.74, 6) is 0.400. The van der Waals surface area contributed by atoms with Gasteiger partial charge in [0.25, 0.3) is 0 Å². The van der Waals surface area contributed by atoms with Crippen molar-refractivity contribution < 1.29 is 4.79 Å². The summed E-state index contributed by atoms with van der Waals surface area (Å²) in [6, 6.07) is 0. The van der Waals surface area contributed by atoms with Crippen LogP contribution < -0.4 is 0 Å². The van der Waals surface area contributed by atoms with E-state index in [1.54, 1.807) is 19.3 Å². The second kappa shape index (κ2) is 5.63. The molecule has 2 aromatic rings. The van der Waals surface area contributed by atoms with Gasteiger partial charge in [-0.2, -0.15) is 5.10 Å². The van der Waals surface area contributed by atoms with Crippen molar-refractivity contribution in [3.63, 3.8) is 0 Å². The van der Waals surface area contributed by atoms with E-state index in [2.05, 4.69) is 15.2 Å². The van der Waals surface area contributed by atoms with E-state index in [1.807, 2.05) is 18.0 Å². The molecule has 0 radical (unpaired) electrons. The molecule has 0 aliphatic carbocycles. The molecule has 0 aromatic carbocycles. The van der Waals surface area contributed by atoms with Crippen molar-refractivity contribution in [3.05, 3.63) is 30.0 Å². The second-order valence-electron chi connectivity index (χ2n) is 5.54. The minimum Gasteiger partial charge on any atom is -0.342 e. The zero-order valence-electron chi connectivity index (χ0n) is 12.3. The lowest BCUT2D eigenvalue weighted by Gasteiger charge is -2.31. The predicted octanol–water partition coefficient (Wildman–Crippen LogP) is 1.90. The Hall–Kier alpha value is -2.24. The Kier molecular flexibility index (Phi) is 3.68. The number of aryl methyl sites for hydroxylation is 1. The zero-order chi connectivity index (χ0) is 14.8. The Morgan fingerprint density at radius 1 is 1.38 bits per heavy atom. The van der Waals surface area contributed by atoms with E-state index < -0.39 is 0 Å². The number of rotatable bonds is 2. The first-order valence-electron chi connectivity index (χ1n) is 7.23. The van der Waals surface area contributed by atoms with E-state index in [0.717, 1.165) is 48.6 Å². The summed E-state index contributed by atoms with van der Waals surface area (Å²) in [5.41, 5.74) is 3.75. The third-order valence-corrected chi connectivity index (χ3v) is 4.04. The Labute approximate surface area is 123 Å². The third-order valence-electron chi connectivity index (χ3n) is 4.04. The molecule has 21 heavy (non-hydrogen) atoms. The molecule has 2 aromatic heterocycles. The van der Waals surface area contributed by atoms with Crippen LogP contribution in [0.25, 0.3) is 11.3 Å². The SMILES string of the molecule is CC(=O)N1CCC[C@H](c2cncc(-c3cn[nH]c3C)n2)C1. The van der Waals surface area contributed by atoms with Crippen molar-refractivity contribution in [1.29, 1.82) is 0 Å². The van der Waals surface area contributed by atoms with Crippen LogP contribution in [0.2, 0.25) is 0 Å². The van der Waals surface area contributed by atoms with Gasteiger partial charge in [-0.1, -0.05) is 0 Å². The number of nitrogens with one attached hydrogen (secondary N) is 1. The van der Waals surface area contributed by atoms with E-state index in [0.29, 0.717) is 0 Å². The summed E-state index contributed by atoms with van der Waals surface area (Å²) in [5, 5.41) is 6.95. The van der Waals surface area contributed by atoms with Gasteiger partial charge in [0.05, 0.1) is 23.8 Å². The summed E-state index contributed by atoms with van der Waals surface area (Å²) in [6.45, 7) is 5.17. The van der Waals surface area contributed by atoms with E-state index in [1.165, 1.54) is 0 Å². The molecule has 0 saturated carbocycles. The van der Waals surface area contributed by atoms with Crippen LogP contribution in [-0.4, -0.2) is 44.1 Å². The topological polar surface area (TPSA) is 74.8 Å². The number of nitrogens with zero attached hydrogens (tertiary/aromatic N) is 4. The van der Waals surface area contributed by atoms with Crippen molar-refractivity contribution in [3.8, 4) is 11.3 Å². The largest absolute Gasteiger partial charge is 0.342 e. The maximum atomic E-state index is 11.6. The quantitative estimate of drug-likeness (QED) is 0.914. The number of piperidine rings is 1. The molecule has 6 nitrogen and oxygen atoms in total. The van der Waals surface area contributed by atoms with Gasteiger partial charge in [-0.05, 0) is 19.8 Å². The van der Waals surface area contributed by atoms with Crippen molar-refractivity contribution in [2.24, 2.45) is 0 Å². The normalized spacial score (nSPS) is 18.8. The van der Waals surface area contributed by atoms with Crippen LogP contribution in [0.15, 0.2) is 18.6 Å². The number of hydrogen-bond donors (Lipinski definition) is 1. The minimum absolute atomic E-state index is 0.134. The smallest absolute Gasteiger partial charge is 0.219 e. The fourth-order valence-corrected chi connectivity index (χ4v) is 2.82. The minimum atomic E-state index is 0.134. The van der Waals surface area contributed by atoms with Gasteiger partial charge in [0.15, 0.2) is 0 Å². The van der Waals surface area contributed by atoms with Crippen LogP contribution >= 0.6 is 0 Å². The van der Waals surface area contributed by atoms with E-state index in [4.69, 9.17) is 4.98 Å². The predicted molar refractivity (Wildman–Crippen MR) is 78.6 cm³/mol. The van der Waals surface area contributed by atoms with Gasteiger partial charge in [0, 0.05) is 43.4 Å².